The third-order valence-corrected chi connectivity index (χ3v) is 5.48. The van der Waals surface area contributed by atoms with E-state index >= 15 is 0 Å². The molecule has 0 heterocycles. The highest BCUT2D eigenvalue weighted by Crippen LogP contribution is 2.33. The Kier molecular flexibility index (Phi) is 5.82. The van der Waals surface area contributed by atoms with E-state index in [2.05, 4.69) is 6.92 Å². The molecule has 1 saturated carbocycles. The summed E-state index contributed by atoms with van der Waals surface area (Å²) in [5.41, 5.74) is -0.611. The Morgan fingerprint density at radius 1 is 1.33 bits per heavy atom. The molecule has 1 amide bonds. The van der Waals surface area contributed by atoms with Crippen LogP contribution in [-0.2, 0) is 0 Å². The number of carboxylic acid groups (broad SMARTS) is 1. The fraction of sp³-hybridized carbons (Fsp3) is 0.500. The number of nitro benzene ring substituents is 1. The van der Waals surface area contributed by atoms with Crippen LogP contribution in [0.5, 0.6) is 0 Å². The lowest BCUT2D eigenvalue weighted by molar-refractivity contribution is -0.384. The second kappa shape index (κ2) is 7.65. The van der Waals surface area contributed by atoms with Gasteiger partial charge in [-0.3, -0.25) is 14.9 Å². The molecule has 24 heavy (non-hydrogen) atoms. The summed E-state index contributed by atoms with van der Waals surface area (Å²) in [6, 6.07) is 3.37. The molecule has 0 aromatic heterocycles. The van der Waals surface area contributed by atoms with Gasteiger partial charge in [0.1, 0.15) is 0 Å². The summed E-state index contributed by atoms with van der Waals surface area (Å²) in [6.45, 7) is 2.10. The highest BCUT2D eigenvalue weighted by molar-refractivity contribution is 7.99. The van der Waals surface area contributed by atoms with E-state index in [1.165, 1.54) is 6.07 Å². The predicted octanol–water partition coefficient (Wildman–Crippen LogP) is 3.04. The van der Waals surface area contributed by atoms with Gasteiger partial charge in [-0.2, -0.15) is 11.8 Å². The summed E-state index contributed by atoms with van der Waals surface area (Å²) in [6.07, 6.45) is 2.82. The molecule has 0 saturated heterocycles. The predicted molar refractivity (Wildman–Crippen MR) is 91.7 cm³/mol. The van der Waals surface area contributed by atoms with Gasteiger partial charge in [-0.05, 0) is 31.1 Å². The molecule has 1 N–H and O–H groups in total. The van der Waals surface area contributed by atoms with Crippen LogP contribution in [0.15, 0.2) is 18.2 Å². The van der Waals surface area contributed by atoms with E-state index in [1.54, 1.807) is 11.9 Å². The molecule has 1 aromatic carbocycles. The Labute approximate surface area is 144 Å². The van der Waals surface area contributed by atoms with Crippen molar-refractivity contribution in [3.05, 3.63) is 39.4 Å². The molecule has 1 fully saturated rings. The van der Waals surface area contributed by atoms with Crippen LogP contribution in [0.1, 0.15) is 46.9 Å². The molecular weight excluding hydrogens is 332 g/mol. The van der Waals surface area contributed by atoms with E-state index in [0.717, 1.165) is 37.1 Å². The van der Waals surface area contributed by atoms with E-state index in [9.17, 15) is 19.7 Å². The number of aromatic carboxylic acids is 1. The van der Waals surface area contributed by atoms with Crippen molar-refractivity contribution in [1.29, 1.82) is 0 Å². The summed E-state index contributed by atoms with van der Waals surface area (Å²) < 4.78 is 0. The number of benzene rings is 1. The van der Waals surface area contributed by atoms with Gasteiger partial charge < -0.3 is 10.0 Å². The van der Waals surface area contributed by atoms with Crippen molar-refractivity contribution >= 4 is 29.3 Å². The van der Waals surface area contributed by atoms with Gasteiger partial charge in [0.15, 0.2) is 0 Å². The molecule has 1 aliphatic carbocycles. The smallest absolute Gasteiger partial charge is 0.335 e. The lowest BCUT2D eigenvalue weighted by Gasteiger charge is -2.25. The van der Waals surface area contributed by atoms with Gasteiger partial charge in [-0.15, -0.1) is 0 Å². The minimum absolute atomic E-state index is 0.0377. The van der Waals surface area contributed by atoms with Crippen molar-refractivity contribution < 1.29 is 19.6 Å². The monoisotopic (exact) mass is 352 g/mol. The number of nitro groups is 1. The molecule has 0 spiro atoms. The van der Waals surface area contributed by atoms with Crippen molar-refractivity contribution in [2.45, 2.75) is 37.5 Å². The molecule has 7 nitrogen and oxygen atoms in total. The molecule has 8 heteroatoms. The molecular formula is C16H20N2O5S. The molecule has 0 bridgehead atoms. The van der Waals surface area contributed by atoms with E-state index < -0.39 is 16.6 Å². The standard InChI is InChI=1S/C16H20N2O5S/c1-3-24-14-5-4-12(9-14)17(2)15(19)10-6-11(16(20)21)8-13(7-10)18(22)23/h6-8,12,14H,3-5,9H2,1-2H3,(H,20,21). The topological polar surface area (TPSA) is 101 Å². The summed E-state index contributed by atoms with van der Waals surface area (Å²) in [5.74, 6) is -0.647. The second-order valence-corrected chi connectivity index (χ2v) is 7.37. The summed E-state index contributed by atoms with van der Waals surface area (Å²) in [5, 5.41) is 20.6. The molecule has 1 aromatic rings. The number of hydrogen-bond donors (Lipinski definition) is 1. The third-order valence-electron chi connectivity index (χ3n) is 4.25. The first kappa shape index (κ1) is 18.3. The summed E-state index contributed by atoms with van der Waals surface area (Å²) in [4.78, 5) is 35.7. The largest absolute Gasteiger partial charge is 0.478 e. The molecule has 130 valence electrons. The van der Waals surface area contributed by atoms with Gasteiger partial charge in [-0.25, -0.2) is 4.79 Å². The van der Waals surface area contributed by atoms with Crippen molar-refractivity contribution in [2.24, 2.45) is 0 Å². The van der Waals surface area contributed by atoms with Crippen molar-refractivity contribution in [3.63, 3.8) is 0 Å². The SMILES string of the molecule is CCSC1CCC(N(C)C(=O)c2cc(C(=O)O)cc([N+](=O)[O-])c2)C1. The Hall–Kier alpha value is -2.09. The maximum absolute atomic E-state index is 12.6. The zero-order valence-electron chi connectivity index (χ0n) is 13.6. The molecule has 1 aliphatic rings. The van der Waals surface area contributed by atoms with Crippen LogP contribution in [-0.4, -0.2) is 50.9 Å². The Morgan fingerprint density at radius 2 is 2.00 bits per heavy atom. The van der Waals surface area contributed by atoms with Crippen molar-refractivity contribution in [3.8, 4) is 0 Å². The van der Waals surface area contributed by atoms with Crippen LogP contribution in [0, 0.1) is 10.1 Å². The van der Waals surface area contributed by atoms with E-state index in [-0.39, 0.29) is 23.1 Å². The summed E-state index contributed by atoms with van der Waals surface area (Å²) in [7, 11) is 1.67. The van der Waals surface area contributed by atoms with Gasteiger partial charge in [-0.1, -0.05) is 6.92 Å². The Morgan fingerprint density at radius 3 is 2.58 bits per heavy atom. The molecule has 0 aliphatic heterocycles. The molecule has 2 rings (SSSR count). The molecule has 2 atom stereocenters. The Balaban J connectivity index is 2.22. The zero-order valence-corrected chi connectivity index (χ0v) is 14.4. The number of carbonyl (C=O) groups is 2. The number of carboxylic acids is 1. The number of nitrogens with zero attached hydrogens (tertiary/aromatic N) is 2. The van der Waals surface area contributed by atoms with Gasteiger partial charge >= 0.3 is 5.97 Å². The first-order valence-corrected chi connectivity index (χ1v) is 8.79. The minimum atomic E-state index is -1.30. The number of rotatable bonds is 6. The lowest BCUT2D eigenvalue weighted by Crippen LogP contribution is -2.35. The number of amides is 1. The zero-order chi connectivity index (χ0) is 17.9. The van der Waals surface area contributed by atoms with Crippen LogP contribution in [0.25, 0.3) is 0 Å². The summed E-state index contributed by atoms with van der Waals surface area (Å²) >= 11 is 1.88. The van der Waals surface area contributed by atoms with Gasteiger partial charge in [0, 0.05) is 36.0 Å². The molecule has 0 radical (unpaired) electrons. The number of thioether (sulfide) groups is 1. The second-order valence-electron chi connectivity index (χ2n) is 5.79. The van der Waals surface area contributed by atoms with Crippen LogP contribution in [0.3, 0.4) is 0 Å². The van der Waals surface area contributed by atoms with Gasteiger partial charge in [0.25, 0.3) is 11.6 Å². The maximum Gasteiger partial charge on any atom is 0.335 e. The van der Waals surface area contributed by atoms with Crippen molar-refractivity contribution in [1.82, 2.24) is 4.90 Å². The van der Waals surface area contributed by atoms with Crippen LogP contribution in [0.2, 0.25) is 0 Å². The normalized spacial score (nSPS) is 19.9. The fourth-order valence-corrected chi connectivity index (χ4v) is 4.12. The van der Waals surface area contributed by atoms with Crippen LogP contribution in [0.4, 0.5) is 5.69 Å². The minimum Gasteiger partial charge on any atom is -0.478 e. The lowest BCUT2D eigenvalue weighted by atomic mass is 10.1. The van der Waals surface area contributed by atoms with Crippen LogP contribution < -0.4 is 0 Å². The van der Waals surface area contributed by atoms with E-state index in [1.807, 2.05) is 11.8 Å². The first-order chi connectivity index (χ1) is 11.3. The average molecular weight is 352 g/mol. The van der Waals surface area contributed by atoms with Crippen LogP contribution >= 0.6 is 11.8 Å². The fourth-order valence-electron chi connectivity index (χ4n) is 2.99. The van der Waals surface area contributed by atoms with E-state index in [4.69, 9.17) is 5.11 Å². The highest BCUT2D eigenvalue weighted by atomic mass is 32.2. The maximum atomic E-state index is 12.6. The van der Waals surface area contributed by atoms with Crippen molar-refractivity contribution in [2.75, 3.05) is 12.8 Å². The Bertz CT molecular complexity index is 632. The highest BCUT2D eigenvalue weighted by Gasteiger charge is 2.31. The first-order valence-electron chi connectivity index (χ1n) is 7.75. The number of carbonyl (C=O) groups excluding carboxylic acids is 1. The average Bonchev–Trinajstić information content (AvgIpc) is 3.01. The number of non-ortho nitro benzene ring substituents is 1. The van der Waals surface area contributed by atoms with Gasteiger partial charge in [0.05, 0.1) is 10.5 Å². The molecule has 2 unspecified atom stereocenters. The number of hydrogen-bond acceptors (Lipinski definition) is 5. The van der Waals surface area contributed by atoms with E-state index in [0.29, 0.717) is 5.25 Å². The van der Waals surface area contributed by atoms with Gasteiger partial charge in [0.2, 0.25) is 0 Å². The quantitative estimate of drug-likeness (QED) is 0.624. The third kappa shape index (κ3) is 4.05.